The Morgan fingerprint density at radius 3 is 0.843 bits per heavy atom. The van der Waals surface area contributed by atoms with Gasteiger partial charge in [-0.05, 0) is 116 Å². The SMILES string of the molecule is CCCCC/C=C\C/C=C\C/C=C\CCCCCCCCC(=O)OCC(COC(=O)CCCCCCC/C=C\CCCCCCCCC)OC(=O)CCCCCCCCC/C=C\C/C=C\CCCCC. The second-order valence-corrected chi connectivity index (χ2v) is 19.9. The average Bonchev–Trinajstić information content (AvgIpc) is 3.36. The highest BCUT2D eigenvalue weighted by atomic mass is 16.6. The fourth-order valence-electron chi connectivity index (χ4n) is 8.36. The number of hydrogen-bond donors (Lipinski definition) is 0. The van der Waals surface area contributed by atoms with E-state index in [-0.39, 0.29) is 31.1 Å². The largest absolute Gasteiger partial charge is 0.462 e. The van der Waals surface area contributed by atoms with Crippen molar-refractivity contribution in [1.29, 1.82) is 0 Å². The Balaban J connectivity index is 4.42. The van der Waals surface area contributed by atoms with Crippen LogP contribution in [0.4, 0.5) is 0 Å². The van der Waals surface area contributed by atoms with E-state index in [2.05, 4.69) is 93.7 Å². The minimum atomic E-state index is -0.789. The number of hydrogen-bond acceptors (Lipinski definition) is 6. The van der Waals surface area contributed by atoms with Gasteiger partial charge < -0.3 is 14.2 Å². The van der Waals surface area contributed by atoms with Crippen molar-refractivity contribution in [2.75, 3.05) is 13.2 Å². The number of unbranched alkanes of at least 4 members (excludes halogenated alkanes) is 31. The Morgan fingerprint density at radius 2 is 0.514 bits per heavy atom. The van der Waals surface area contributed by atoms with Crippen LogP contribution in [0.15, 0.2) is 72.9 Å². The summed E-state index contributed by atoms with van der Waals surface area (Å²) in [4.78, 5) is 38.2. The smallest absolute Gasteiger partial charge is 0.306 e. The van der Waals surface area contributed by atoms with E-state index in [0.29, 0.717) is 19.3 Å². The lowest BCUT2D eigenvalue weighted by Crippen LogP contribution is -2.30. The molecule has 0 bridgehead atoms. The molecule has 70 heavy (non-hydrogen) atoms. The minimum Gasteiger partial charge on any atom is -0.462 e. The number of ether oxygens (including phenoxy) is 3. The molecule has 0 saturated heterocycles. The Hall–Kier alpha value is -3.15. The molecule has 0 N–H and O–H groups in total. The molecule has 0 fully saturated rings. The average molecular weight is 978 g/mol. The topological polar surface area (TPSA) is 78.9 Å². The first-order valence-electron chi connectivity index (χ1n) is 29.9. The van der Waals surface area contributed by atoms with Gasteiger partial charge in [0.15, 0.2) is 6.10 Å². The summed E-state index contributed by atoms with van der Waals surface area (Å²) in [6, 6.07) is 0. The molecule has 0 aromatic rings. The van der Waals surface area contributed by atoms with Crippen molar-refractivity contribution in [2.45, 2.75) is 303 Å². The molecular formula is C64H112O6. The third-order valence-corrected chi connectivity index (χ3v) is 12.9. The maximum absolute atomic E-state index is 12.9. The van der Waals surface area contributed by atoms with Crippen LogP contribution in [0.25, 0.3) is 0 Å². The molecule has 6 nitrogen and oxygen atoms in total. The van der Waals surface area contributed by atoms with Gasteiger partial charge >= 0.3 is 17.9 Å². The summed E-state index contributed by atoms with van der Waals surface area (Å²) in [5.74, 6) is -0.905. The fourth-order valence-corrected chi connectivity index (χ4v) is 8.36. The standard InChI is InChI=1S/C64H112O6/c1-4-7-10-13-16-19-22-25-28-31-32-34-36-39-42-45-48-51-54-57-63(66)69-60-61(59-68-62(65)56-53-50-47-44-41-38-35-30-27-24-21-18-15-12-9-6-3)70-64(67)58-55-52-49-46-43-40-37-33-29-26-23-20-17-14-11-8-5-2/h16-17,19-20,25-26,28-30,32,34-35,61H,4-15,18,21-24,27,31,33,36-60H2,1-3H3/b19-16-,20-17-,28-25-,29-26-,34-32-,35-30-. The van der Waals surface area contributed by atoms with Crippen LogP contribution in [0.3, 0.4) is 0 Å². The van der Waals surface area contributed by atoms with E-state index in [0.717, 1.165) is 96.3 Å². The Labute approximate surface area is 433 Å². The molecule has 0 aliphatic rings. The molecule has 0 aliphatic carbocycles. The first-order chi connectivity index (χ1) is 34.5. The molecule has 0 aromatic heterocycles. The molecule has 404 valence electrons. The zero-order valence-electron chi connectivity index (χ0n) is 46.3. The van der Waals surface area contributed by atoms with Gasteiger partial charge in [0.2, 0.25) is 0 Å². The summed E-state index contributed by atoms with van der Waals surface area (Å²) in [7, 11) is 0. The summed E-state index contributed by atoms with van der Waals surface area (Å²) in [6.45, 7) is 6.58. The van der Waals surface area contributed by atoms with Crippen LogP contribution in [0.2, 0.25) is 0 Å². The molecule has 0 heterocycles. The van der Waals surface area contributed by atoms with Gasteiger partial charge in [-0.3, -0.25) is 14.4 Å². The maximum Gasteiger partial charge on any atom is 0.306 e. The summed E-state index contributed by atoms with van der Waals surface area (Å²) >= 11 is 0. The van der Waals surface area contributed by atoms with Crippen molar-refractivity contribution in [3.8, 4) is 0 Å². The van der Waals surface area contributed by atoms with Gasteiger partial charge in [-0.1, -0.05) is 235 Å². The van der Waals surface area contributed by atoms with E-state index in [1.807, 2.05) is 0 Å². The van der Waals surface area contributed by atoms with Crippen LogP contribution in [-0.2, 0) is 28.6 Å². The van der Waals surface area contributed by atoms with E-state index >= 15 is 0 Å². The predicted octanol–water partition coefficient (Wildman–Crippen LogP) is 20.2. The van der Waals surface area contributed by atoms with E-state index in [1.54, 1.807) is 0 Å². The molecule has 0 aliphatic heterocycles. The number of allylic oxidation sites excluding steroid dienone is 12. The molecule has 0 rings (SSSR count). The van der Waals surface area contributed by atoms with Gasteiger partial charge in [-0.2, -0.15) is 0 Å². The summed E-state index contributed by atoms with van der Waals surface area (Å²) < 4.78 is 16.9. The lowest BCUT2D eigenvalue weighted by Gasteiger charge is -2.18. The van der Waals surface area contributed by atoms with Crippen molar-refractivity contribution in [1.82, 2.24) is 0 Å². The van der Waals surface area contributed by atoms with Crippen molar-refractivity contribution in [3.63, 3.8) is 0 Å². The Bertz CT molecular complexity index is 1310. The first-order valence-corrected chi connectivity index (χ1v) is 29.9. The molecule has 0 amide bonds. The van der Waals surface area contributed by atoms with E-state index in [1.165, 1.54) is 161 Å². The molecule has 1 unspecified atom stereocenters. The summed E-state index contributed by atoms with van der Waals surface area (Å²) in [6.07, 6.45) is 74.5. The molecule has 0 spiro atoms. The van der Waals surface area contributed by atoms with Gasteiger partial charge in [0, 0.05) is 19.3 Å². The highest BCUT2D eigenvalue weighted by Gasteiger charge is 2.19. The molecule has 1 atom stereocenters. The highest BCUT2D eigenvalue weighted by molar-refractivity contribution is 5.71. The van der Waals surface area contributed by atoms with Crippen molar-refractivity contribution < 1.29 is 28.6 Å². The third kappa shape index (κ3) is 55.8. The van der Waals surface area contributed by atoms with Crippen LogP contribution in [0.5, 0.6) is 0 Å². The third-order valence-electron chi connectivity index (χ3n) is 12.9. The van der Waals surface area contributed by atoms with Crippen molar-refractivity contribution >= 4 is 17.9 Å². The molecule has 6 heteroatoms. The number of carbonyl (C=O) groups is 3. The molecular weight excluding hydrogens is 865 g/mol. The van der Waals surface area contributed by atoms with Crippen LogP contribution >= 0.6 is 0 Å². The summed E-state index contributed by atoms with van der Waals surface area (Å²) in [5, 5.41) is 0. The zero-order chi connectivity index (χ0) is 50.7. The van der Waals surface area contributed by atoms with Crippen LogP contribution in [0.1, 0.15) is 297 Å². The van der Waals surface area contributed by atoms with Crippen LogP contribution < -0.4 is 0 Å². The van der Waals surface area contributed by atoms with E-state index in [9.17, 15) is 14.4 Å². The second kappa shape index (κ2) is 58.4. The van der Waals surface area contributed by atoms with Gasteiger partial charge in [0.25, 0.3) is 0 Å². The van der Waals surface area contributed by atoms with Crippen LogP contribution in [-0.4, -0.2) is 37.2 Å². The zero-order valence-corrected chi connectivity index (χ0v) is 46.3. The lowest BCUT2D eigenvalue weighted by molar-refractivity contribution is -0.167. The Morgan fingerprint density at radius 1 is 0.286 bits per heavy atom. The fraction of sp³-hybridized carbons (Fsp3) is 0.766. The van der Waals surface area contributed by atoms with Gasteiger partial charge in [0.05, 0.1) is 0 Å². The van der Waals surface area contributed by atoms with Crippen LogP contribution in [0, 0.1) is 0 Å². The monoisotopic (exact) mass is 977 g/mol. The number of esters is 3. The second-order valence-electron chi connectivity index (χ2n) is 19.9. The predicted molar refractivity (Wildman–Crippen MR) is 302 cm³/mol. The minimum absolute atomic E-state index is 0.0866. The van der Waals surface area contributed by atoms with Gasteiger partial charge in [-0.25, -0.2) is 0 Å². The van der Waals surface area contributed by atoms with Crippen molar-refractivity contribution in [2.24, 2.45) is 0 Å². The maximum atomic E-state index is 12.9. The molecule has 0 radical (unpaired) electrons. The lowest BCUT2D eigenvalue weighted by atomic mass is 10.1. The first kappa shape index (κ1) is 66.9. The Kier molecular flexibility index (Phi) is 55.8. The van der Waals surface area contributed by atoms with E-state index < -0.39 is 6.10 Å². The van der Waals surface area contributed by atoms with E-state index in [4.69, 9.17) is 14.2 Å². The molecule has 0 saturated carbocycles. The highest BCUT2D eigenvalue weighted by Crippen LogP contribution is 2.15. The van der Waals surface area contributed by atoms with Gasteiger partial charge in [0.1, 0.15) is 13.2 Å². The number of rotatable bonds is 54. The summed E-state index contributed by atoms with van der Waals surface area (Å²) in [5.41, 5.74) is 0. The van der Waals surface area contributed by atoms with Crippen molar-refractivity contribution in [3.05, 3.63) is 72.9 Å². The normalized spacial score (nSPS) is 12.6. The number of carbonyl (C=O) groups excluding carboxylic acids is 3. The molecule has 0 aromatic carbocycles. The quantitative estimate of drug-likeness (QED) is 0.0261. The van der Waals surface area contributed by atoms with Gasteiger partial charge in [-0.15, -0.1) is 0 Å².